The Kier molecular flexibility index (Phi) is 24.1. The van der Waals surface area contributed by atoms with Crippen LogP contribution in [0.1, 0.15) is 165 Å². The number of nitrogens with zero attached hydrogens (tertiary/aromatic N) is 2. The van der Waals surface area contributed by atoms with Gasteiger partial charge in [0.1, 0.15) is 11.6 Å². The topological polar surface area (TPSA) is 58.5 Å². The fraction of sp³-hybridized carbons (Fsp3) is 0.277. The van der Waals surface area contributed by atoms with Crippen molar-refractivity contribution in [2.75, 3.05) is 9.80 Å². The number of anilines is 6. The zero-order valence-electron chi connectivity index (χ0n) is 60.2. The van der Waals surface area contributed by atoms with Crippen LogP contribution in [0.2, 0.25) is 0 Å². The molecule has 1 atom stereocenters. The second-order valence-corrected chi connectivity index (χ2v) is 27.5. The minimum atomic E-state index is -0.597. The van der Waals surface area contributed by atoms with E-state index in [1.54, 1.807) is 12.1 Å². The summed E-state index contributed by atoms with van der Waals surface area (Å²) in [5.74, 6) is -0.624. The van der Waals surface area contributed by atoms with Gasteiger partial charge in [0.25, 0.3) is 0 Å². The maximum atomic E-state index is 18.0. The minimum Gasteiger partial charge on any atom is -0.321 e. The number of hydrogen-bond donors (Lipinski definition) is 2. The Hall–Kier alpha value is -9.46. The Balaban J connectivity index is 0.974. The van der Waals surface area contributed by atoms with Crippen LogP contribution in [0.25, 0.3) is 66.8 Å². The quantitative estimate of drug-likeness (QED) is 0.0326. The molecule has 0 aliphatic heterocycles. The first-order valence-electron chi connectivity index (χ1n) is 37.1. The maximum Gasteiger partial charge on any atom is 0.133 e. The van der Waals surface area contributed by atoms with E-state index in [1.165, 1.54) is 11.1 Å². The summed E-state index contributed by atoms with van der Waals surface area (Å²) in [7, 11) is 0. The van der Waals surface area contributed by atoms with E-state index in [0.717, 1.165) is 210 Å². The fourth-order valence-corrected chi connectivity index (χ4v) is 14.3. The summed E-state index contributed by atoms with van der Waals surface area (Å²) in [6.07, 6.45) is 18.4. The van der Waals surface area contributed by atoms with Crippen LogP contribution in [0.4, 0.5) is 42.9 Å². The number of nitrogens with two attached hydrogens (primary N) is 2. The smallest absolute Gasteiger partial charge is 0.133 e. The first-order chi connectivity index (χ1) is 48.7. The summed E-state index contributed by atoms with van der Waals surface area (Å²) in [5.41, 5.74) is 36.1. The second kappa shape index (κ2) is 33.6. The zero-order chi connectivity index (χ0) is 70.2. The molecule has 1 unspecified atom stereocenters. The normalized spacial score (nSPS) is 12.2. The second-order valence-electron chi connectivity index (χ2n) is 27.5. The van der Waals surface area contributed by atoms with Crippen molar-refractivity contribution in [3.05, 3.63) is 300 Å². The molecule has 0 aromatic heterocycles. The fourth-order valence-electron chi connectivity index (χ4n) is 14.3. The van der Waals surface area contributed by atoms with E-state index >= 15 is 8.78 Å². The molecular weight excluding hydrogens is 1220 g/mol. The molecular formula is C94H102F2N4. The predicted molar refractivity (Wildman–Crippen MR) is 425 cm³/mol. The average molecular weight is 1330 g/mol. The monoisotopic (exact) mass is 1320 g/mol. The first kappa shape index (κ1) is 71.8. The summed E-state index contributed by atoms with van der Waals surface area (Å²) < 4.78 is 35.9. The van der Waals surface area contributed by atoms with E-state index in [0.29, 0.717) is 22.5 Å². The van der Waals surface area contributed by atoms with Crippen molar-refractivity contribution < 1.29 is 8.78 Å². The van der Waals surface area contributed by atoms with Crippen LogP contribution in [0.3, 0.4) is 0 Å². The molecule has 0 fully saturated rings. The van der Waals surface area contributed by atoms with Crippen LogP contribution in [-0.4, -0.2) is 0 Å². The van der Waals surface area contributed by atoms with Crippen molar-refractivity contribution >= 4 is 34.1 Å². The number of hydrogen-bond acceptors (Lipinski definition) is 4. The zero-order valence-corrected chi connectivity index (χ0v) is 60.2. The molecule has 11 rings (SSSR count). The van der Waals surface area contributed by atoms with Crippen molar-refractivity contribution in [3.63, 3.8) is 0 Å². The molecule has 0 saturated heterocycles. The molecule has 0 heterocycles. The van der Waals surface area contributed by atoms with Crippen molar-refractivity contribution in [1.82, 2.24) is 0 Å². The lowest BCUT2D eigenvalue weighted by Gasteiger charge is -2.27. The van der Waals surface area contributed by atoms with E-state index < -0.39 is 5.54 Å². The van der Waals surface area contributed by atoms with Crippen molar-refractivity contribution in [2.24, 2.45) is 11.5 Å². The predicted octanol–water partition coefficient (Wildman–Crippen LogP) is 26.8. The Morgan fingerprint density at radius 3 is 0.890 bits per heavy atom. The van der Waals surface area contributed by atoms with Crippen LogP contribution in [0.15, 0.2) is 255 Å². The van der Waals surface area contributed by atoms with E-state index in [4.69, 9.17) is 11.5 Å². The Labute approximate surface area is 596 Å². The van der Waals surface area contributed by atoms with Crippen molar-refractivity contribution in [1.29, 1.82) is 0 Å². The summed E-state index contributed by atoms with van der Waals surface area (Å²) in [6, 6.07) is 84.9. The summed E-state index contributed by atoms with van der Waals surface area (Å²) >= 11 is 0. The molecule has 0 bridgehead atoms. The lowest BCUT2D eigenvalue weighted by atomic mass is 9.85. The Morgan fingerprint density at radius 1 is 0.310 bits per heavy atom. The number of benzene rings is 11. The standard InChI is InChI=1S/C94H102F2N4/c1-9-17-19-21-25-77-63-90(88-62-60-86(66-92(88)96)100(82-53-41-74(42-54-82)70-33-29-68(24-12-4)30-34-70)84-57-45-76(46-58-84)72-37-49-80(50-38-72)94(98,15-7)16-8)78(26-22-20-18-10-2)64-89(77)87-61-59-85(65-91(87)95)99(81-51-39-73(40-52-81)69-31-27-67(23-11-3)28-32-69)83-55-43-75(44-56-83)71-35-47-79(48-36-71)93(97,13-5)14-6/h13,27-66H,5,9-12,14-26,97-98H2,1-4,6-8H3. The van der Waals surface area contributed by atoms with Gasteiger partial charge in [-0.25, -0.2) is 8.78 Å². The van der Waals surface area contributed by atoms with Crippen LogP contribution in [-0.2, 0) is 36.8 Å². The van der Waals surface area contributed by atoms with Gasteiger partial charge in [-0.05, 0) is 232 Å². The number of unbranched alkanes of at least 4 members (excludes halogenated alkanes) is 6. The SMILES string of the molecule is C=CC(N)(CC)c1ccc(-c2ccc(N(c3ccc(-c4ccc(CCC)cc4)cc3)c3ccc(-c4cc(CCCCCC)c(-c5ccc(N(c6ccc(-c7ccc(CCC)cc7)cc6)c6ccc(-c7ccc(C(N)(CC)CC)cc7)cc6)cc5F)cc4CCCCCC)c(F)c3)cc2)cc1. The van der Waals surface area contributed by atoms with E-state index in [1.807, 2.05) is 18.2 Å². The molecule has 0 saturated carbocycles. The highest BCUT2D eigenvalue weighted by Crippen LogP contribution is 2.44. The highest BCUT2D eigenvalue weighted by molar-refractivity contribution is 5.86. The van der Waals surface area contributed by atoms with Crippen molar-refractivity contribution in [2.45, 2.75) is 169 Å². The van der Waals surface area contributed by atoms with Gasteiger partial charge in [-0.3, -0.25) is 0 Å². The van der Waals surface area contributed by atoms with Gasteiger partial charge in [-0.1, -0.05) is 264 Å². The molecule has 4 N–H and O–H groups in total. The van der Waals surface area contributed by atoms with Gasteiger partial charge in [0, 0.05) is 50.8 Å². The molecule has 6 heteroatoms. The molecule has 0 radical (unpaired) electrons. The summed E-state index contributed by atoms with van der Waals surface area (Å²) in [5, 5.41) is 0. The van der Waals surface area contributed by atoms with Gasteiger partial charge < -0.3 is 21.3 Å². The number of halogens is 2. The highest BCUT2D eigenvalue weighted by atomic mass is 19.1. The van der Waals surface area contributed by atoms with Gasteiger partial charge in [0.2, 0.25) is 0 Å². The van der Waals surface area contributed by atoms with Gasteiger partial charge in [-0.15, -0.1) is 6.58 Å². The van der Waals surface area contributed by atoms with Crippen molar-refractivity contribution in [3.8, 4) is 66.8 Å². The third kappa shape index (κ3) is 16.5. The van der Waals surface area contributed by atoms with Crippen LogP contribution >= 0.6 is 0 Å². The van der Waals surface area contributed by atoms with Crippen LogP contribution in [0, 0.1) is 11.6 Å². The van der Waals surface area contributed by atoms with Gasteiger partial charge >= 0.3 is 0 Å². The molecule has 11 aromatic carbocycles. The highest BCUT2D eigenvalue weighted by Gasteiger charge is 2.26. The molecule has 4 nitrogen and oxygen atoms in total. The minimum absolute atomic E-state index is 0.310. The number of aryl methyl sites for hydroxylation is 4. The molecule has 100 heavy (non-hydrogen) atoms. The Bertz CT molecular complexity index is 4440. The molecule has 0 aliphatic rings. The van der Waals surface area contributed by atoms with E-state index in [2.05, 4.69) is 283 Å². The molecule has 512 valence electrons. The van der Waals surface area contributed by atoms with Crippen LogP contribution < -0.4 is 21.3 Å². The molecule has 0 amide bonds. The van der Waals surface area contributed by atoms with E-state index in [9.17, 15) is 0 Å². The third-order valence-electron chi connectivity index (χ3n) is 20.8. The molecule has 0 aliphatic carbocycles. The van der Waals surface area contributed by atoms with Crippen LogP contribution in [0.5, 0.6) is 0 Å². The third-order valence-corrected chi connectivity index (χ3v) is 20.8. The molecule has 11 aromatic rings. The summed E-state index contributed by atoms with van der Waals surface area (Å²) in [6.45, 7) is 19.3. The van der Waals surface area contributed by atoms with E-state index in [-0.39, 0.29) is 17.2 Å². The Morgan fingerprint density at radius 2 is 0.610 bits per heavy atom. The van der Waals surface area contributed by atoms with Gasteiger partial charge in [0.15, 0.2) is 0 Å². The first-order valence-corrected chi connectivity index (χ1v) is 37.1. The summed E-state index contributed by atoms with van der Waals surface area (Å²) in [4.78, 5) is 4.30. The van der Waals surface area contributed by atoms with Gasteiger partial charge in [0.05, 0.1) is 5.54 Å². The average Bonchev–Trinajstić information content (AvgIpc) is 0.772. The lowest BCUT2D eigenvalue weighted by Crippen LogP contribution is -2.34. The largest absolute Gasteiger partial charge is 0.321 e. The number of rotatable bonds is 32. The van der Waals surface area contributed by atoms with Gasteiger partial charge in [-0.2, -0.15) is 0 Å². The lowest BCUT2D eigenvalue weighted by molar-refractivity contribution is 0.413. The maximum absolute atomic E-state index is 18.0. The molecule has 0 spiro atoms.